The number of fused-ring (bicyclic) bond motifs is 1. The summed E-state index contributed by atoms with van der Waals surface area (Å²) in [5.74, 6) is 0. The summed E-state index contributed by atoms with van der Waals surface area (Å²) >= 11 is 0. The zero-order valence-electron chi connectivity index (χ0n) is 11.6. The van der Waals surface area contributed by atoms with E-state index in [4.69, 9.17) is 5.26 Å². The molecule has 3 heteroatoms. The minimum Gasteiger partial charge on any atom is -0.237 e. The minimum absolute atomic E-state index is 0.678. The molecule has 3 rings (SSSR count). The van der Waals surface area contributed by atoms with Crippen LogP contribution in [0.4, 0.5) is 0 Å². The van der Waals surface area contributed by atoms with Gasteiger partial charge in [-0.3, -0.25) is 0 Å². The van der Waals surface area contributed by atoms with Crippen LogP contribution in [0.15, 0.2) is 42.5 Å². The van der Waals surface area contributed by atoms with Gasteiger partial charge in [0.1, 0.15) is 0 Å². The van der Waals surface area contributed by atoms with Gasteiger partial charge in [0.25, 0.3) is 0 Å². The Bertz CT molecular complexity index is 822. The number of aryl methyl sites for hydroxylation is 2. The number of hydrogen-bond acceptors (Lipinski definition) is 2. The van der Waals surface area contributed by atoms with Crippen molar-refractivity contribution in [3.63, 3.8) is 0 Å². The van der Waals surface area contributed by atoms with E-state index in [9.17, 15) is 0 Å². The van der Waals surface area contributed by atoms with Gasteiger partial charge in [-0.25, -0.2) is 4.52 Å². The predicted octanol–water partition coefficient (Wildman–Crippen LogP) is 3.74. The lowest BCUT2D eigenvalue weighted by Crippen LogP contribution is -2.00. The molecule has 0 saturated carbocycles. The van der Waals surface area contributed by atoms with Crippen LogP contribution in [-0.2, 0) is 6.42 Å². The summed E-state index contributed by atoms with van der Waals surface area (Å²) in [6.45, 7) is 4.12. The van der Waals surface area contributed by atoms with E-state index in [1.165, 1.54) is 5.69 Å². The van der Waals surface area contributed by atoms with Gasteiger partial charge in [-0.2, -0.15) is 10.4 Å². The largest absolute Gasteiger partial charge is 0.237 e. The molecule has 0 aliphatic heterocycles. The van der Waals surface area contributed by atoms with Gasteiger partial charge < -0.3 is 0 Å². The van der Waals surface area contributed by atoms with Crippen molar-refractivity contribution in [1.29, 1.82) is 5.26 Å². The van der Waals surface area contributed by atoms with Gasteiger partial charge in [0.05, 0.1) is 22.8 Å². The number of nitrogens with zero attached hydrogens (tertiary/aromatic N) is 3. The molecule has 0 spiro atoms. The lowest BCUT2D eigenvalue weighted by atomic mass is 10.0. The van der Waals surface area contributed by atoms with Crippen molar-refractivity contribution in [1.82, 2.24) is 9.61 Å². The minimum atomic E-state index is 0.678. The topological polar surface area (TPSA) is 41.1 Å². The molecule has 0 bridgehead atoms. The van der Waals surface area contributed by atoms with Crippen molar-refractivity contribution in [3.05, 3.63) is 59.4 Å². The predicted molar refractivity (Wildman–Crippen MR) is 79.5 cm³/mol. The second-order valence-electron chi connectivity index (χ2n) is 4.87. The maximum atomic E-state index is 9.05. The Hall–Kier alpha value is -2.60. The first-order valence-electron chi connectivity index (χ1n) is 6.71. The molecule has 3 nitrogen and oxygen atoms in total. The summed E-state index contributed by atoms with van der Waals surface area (Å²) in [4.78, 5) is 0. The molecule has 0 aliphatic carbocycles. The first-order valence-corrected chi connectivity index (χ1v) is 6.71. The standard InChI is InChI=1S/C17H15N3/c1-3-15-7-8-17-16(9-12(2)19-20(15)17)14-6-4-5-13(10-14)11-18/h4-10H,3H2,1-2H3. The molecule has 98 valence electrons. The second kappa shape index (κ2) is 4.82. The fourth-order valence-corrected chi connectivity index (χ4v) is 2.52. The molecule has 3 aromatic rings. The lowest BCUT2D eigenvalue weighted by Gasteiger charge is -2.08. The molecule has 1 aromatic carbocycles. The third-order valence-corrected chi connectivity index (χ3v) is 3.49. The summed E-state index contributed by atoms with van der Waals surface area (Å²) in [7, 11) is 0. The van der Waals surface area contributed by atoms with E-state index >= 15 is 0 Å². The van der Waals surface area contributed by atoms with Gasteiger partial charge in [-0.1, -0.05) is 19.1 Å². The summed E-state index contributed by atoms with van der Waals surface area (Å²) in [5.41, 5.74) is 6.11. The van der Waals surface area contributed by atoms with E-state index in [-0.39, 0.29) is 0 Å². The van der Waals surface area contributed by atoms with E-state index in [2.05, 4.69) is 36.3 Å². The lowest BCUT2D eigenvalue weighted by molar-refractivity contribution is 0.840. The maximum Gasteiger partial charge on any atom is 0.0991 e. The summed E-state index contributed by atoms with van der Waals surface area (Å²) in [6.07, 6.45) is 0.947. The van der Waals surface area contributed by atoms with Crippen LogP contribution in [0.2, 0.25) is 0 Å². The quantitative estimate of drug-likeness (QED) is 0.705. The first-order chi connectivity index (χ1) is 9.72. The molecule has 0 fully saturated rings. The van der Waals surface area contributed by atoms with Crippen molar-refractivity contribution >= 4 is 5.52 Å². The Balaban J connectivity index is 2.30. The number of nitriles is 1. The van der Waals surface area contributed by atoms with Gasteiger partial charge >= 0.3 is 0 Å². The Labute approximate surface area is 118 Å². The Morgan fingerprint density at radius 3 is 2.80 bits per heavy atom. The van der Waals surface area contributed by atoms with Crippen LogP contribution in [0.3, 0.4) is 0 Å². The number of hydrogen-bond donors (Lipinski definition) is 0. The van der Waals surface area contributed by atoms with Gasteiger partial charge in [0, 0.05) is 11.3 Å². The van der Waals surface area contributed by atoms with Crippen molar-refractivity contribution in [2.75, 3.05) is 0 Å². The van der Waals surface area contributed by atoms with Crippen LogP contribution >= 0.6 is 0 Å². The Kier molecular flexibility index (Phi) is 3.00. The second-order valence-corrected chi connectivity index (χ2v) is 4.87. The van der Waals surface area contributed by atoms with Crippen LogP contribution < -0.4 is 0 Å². The average molecular weight is 261 g/mol. The molecular formula is C17H15N3. The van der Waals surface area contributed by atoms with E-state index in [1.54, 1.807) is 0 Å². The average Bonchev–Trinajstić information content (AvgIpc) is 2.89. The highest BCUT2D eigenvalue weighted by atomic mass is 15.2. The zero-order valence-corrected chi connectivity index (χ0v) is 11.6. The van der Waals surface area contributed by atoms with E-state index in [0.29, 0.717) is 5.56 Å². The third kappa shape index (κ3) is 1.96. The summed E-state index contributed by atoms with van der Waals surface area (Å²) in [5, 5.41) is 13.6. The third-order valence-electron chi connectivity index (χ3n) is 3.49. The maximum absolute atomic E-state index is 9.05. The van der Waals surface area contributed by atoms with Crippen LogP contribution in [0, 0.1) is 18.3 Å². The molecule has 0 N–H and O–H groups in total. The van der Waals surface area contributed by atoms with E-state index in [1.807, 2.05) is 35.7 Å². The monoisotopic (exact) mass is 261 g/mol. The molecule has 0 aliphatic rings. The fraction of sp³-hybridized carbons (Fsp3) is 0.176. The Morgan fingerprint density at radius 2 is 2.05 bits per heavy atom. The van der Waals surface area contributed by atoms with Gasteiger partial charge in [-0.15, -0.1) is 0 Å². The van der Waals surface area contributed by atoms with Crippen LogP contribution in [-0.4, -0.2) is 9.61 Å². The van der Waals surface area contributed by atoms with Crippen molar-refractivity contribution in [2.45, 2.75) is 20.3 Å². The zero-order chi connectivity index (χ0) is 14.1. The van der Waals surface area contributed by atoms with Crippen LogP contribution in [0.5, 0.6) is 0 Å². The number of aromatic nitrogens is 2. The molecule has 2 aromatic heterocycles. The summed E-state index contributed by atoms with van der Waals surface area (Å²) in [6, 6.07) is 16.2. The molecule has 0 atom stereocenters. The van der Waals surface area contributed by atoms with Crippen molar-refractivity contribution < 1.29 is 0 Å². The molecule has 0 saturated heterocycles. The normalized spacial score (nSPS) is 10.7. The number of rotatable bonds is 2. The highest BCUT2D eigenvalue weighted by Gasteiger charge is 2.09. The Morgan fingerprint density at radius 1 is 1.20 bits per heavy atom. The molecule has 20 heavy (non-hydrogen) atoms. The van der Waals surface area contributed by atoms with Gasteiger partial charge in [0.15, 0.2) is 0 Å². The smallest absolute Gasteiger partial charge is 0.0991 e. The summed E-state index contributed by atoms with van der Waals surface area (Å²) < 4.78 is 2.00. The van der Waals surface area contributed by atoms with Crippen molar-refractivity contribution in [2.24, 2.45) is 0 Å². The number of benzene rings is 1. The van der Waals surface area contributed by atoms with Crippen LogP contribution in [0.1, 0.15) is 23.9 Å². The van der Waals surface area contributed by atoms with Crippen molar-refractivity contribution in [3.8, 4) is 17.2 Å². The highest BCUT2D eigenvalue weighted by Crippen LogP contribution is 2.27. The molecular weight excluding hydrogens is 246 g/mol. The van der Waals surface area contributed by atoms with Crippen LogP contribution in [0.25, 0.3) is 16.6 Å². The first kappa shape index (κ1) is 12.4. The fourth-order valence-electron chi connectivity index (χ4n) is 2.52. The van der Waals surface area contributed by atoms with E-state index < -0.39 is 0 Å². The molecule has 0 unspecified atom stereocenters. The SMILES string of the molecule is CCc1ccc2c(-c3cccc(C#N)c3)cc(C)nn12. The van der Waals surface area contributed by atoms with E-state index in [0.717, 1.165) is 28.8 Å². The molecule has 2 heterocycles. The molecule has 0 amide bonds. The van der Waals surface area contributed by atoms with Gasteiger partial charge in [0.2, 0.25) is 0 Å². The highest BCUT2D eigenvalue weighted by molar-refractivity contribution is 5.81. The molecule has 0 radical (unpaired) electrons. The van der Waals surface area contributed by atoms with Gasteiger partial charge in [-0.05, 0) is 49.2 Å².